The van der Waals surface area contributed by atoms with Gasteiger partial charge in [-0.15, -0.1) is 0 Å². The van der Waals surface area contributed by atoms with Crippen molar-refractivity contribution in [2.45, 2.75) is 37.2 Å². The highest BCUT2D eigenvalue weighted by Gasteiger charge is 2.35. The van der Waals surface area contributed by atoms with Gasteiger partial charge in [-0.05, 0) is 130 Å². The van der Waals surface area contributed by atoms with Gasteiger partial charge >= 0.3 is 0 Å². The number of aromatic nitrogens is 1. The molecule has 3 aliphatic rings. The van der Waals surface area contributed by atoms with Crippen molar-refractivity contribution in [2.75, 3.05) is 0 Å². The molecule has 3 nitrogen and oxygen atoms in total. The van der Waals surface area contributed by atoms with Crippen molar-refractivity contribution in [3.63, 3.8) is 0 Å². The van der Waals surface area contributed by atoms with Gasteiger partial charge in [-0.2, -0.15) is 0 Å². The first-order valence-corrected chi connectivity index (χ1v) is 21.6. The lowest BCUT2D eigenvalue weighted by atomic mass is 9.81. The zero-order valence-electron chi connectivity index (χ0n) is 33.6. The number of furan rings is 1. The molecule has 10 aromatic rings. The molecule has 61 heavy (non-hydrogen) atoms. The maximum absolute atomic E-state index is 6.52. The third-order valence-electron chi connectivity index (χ3n) is 13.7. The van der Waals surface area contributed by atoms with Crippen LogP contribution in [0.4, 0.5) is 0 Å². The molecule has 0 bridgehead atoms. The average Bonchev–Trinajstić information content (AvgIpc) is 3.97. The van der Waals surface area contributed by atoms with Crippen molar-refractivity contribution in [1.82, 2.24) is 4.57 Å². The number of rotatable bonds is 5. The summed E-state index contributed by atoms with van der Waals surface area (Å²) in [5, 5.41) is 4.92. The van der Waals surface area contributed by atoms with E-state index in [1.165, 1.54) is 83.1 Å². The van der Waals surface area contributed by atoms with E-state index in [4.69, 9.17) is 9.15 Å². The first kappa shape index (κ1) is 34.5. The summed E-state index contributed by atoms with van der Waals surface area (Å²) in [4.78, 5) is 0. The van der Waals surface area contributed by atoms with Crippen LogP contribution in [0.25, 0.3) is 82.8 Å². The quantitative estimate of drug-likeness (QED) is 0.174. The van der Waals surface area contributed by atoms with E-state index < -0.39 is 0 Å². The largest absolute Gasteiger partial charge is 0.485 e. The highest BCUT2D eigenvalue weighted by Crippen LogP contribution is 2.50. The summed E-state index contributed by atoms with van der Waals surface area (Å²) in [6, 6.07) is 62.5. The normalized spacial score (nSPS) is 17.6. The Bertz CT molecular complexity index is 3450. The van der Waals surface area contributed by atoms with E-state index in [2.05, 4.69) is 193 Å². The van der Waals surface area contributed by atoms with E-state index in [0.717, 1.165) is 47.0 Å². The number of hydrogen-bond donors (Lipinski definition) is 0. The van der Waals surface area contributed by atoms with Gasteiger partial charge in [-0.1, -0.05) is 140 Å². The summed E-state index contributed by atoms with van der Waals surface area (Å²) >= 11 is 0. The summed E-state index contributed by atoms with van der Waals surface area (Å²) in [5.41, 5.74) is 18.6. The van der Waals surface area contributed by atoms with Crippen LogP contribution < -0.4 is 4.74 Å². The second-order valence-electron chi connectivity index (χ2n) is 17.0. The topological polar surface area (TPSA) is 27.3 Å². The molecular weight excluding hydrogens is 743 g/mol. The van der Waals surface area contributed by atoms with Crippen LogP contribution in [0, 0.1) is 0 Å². The fourth-order valence-corrected chi connectivity index (χ4v) is 10.9. The van der Waals surface area contributed by atoms with E-state index in [-0.39, 0.29) is 12.0 Å². The number of aryl methyl sites for hydroxylation is 1. The highest BCUT2D eigenvalue weighted by molar-refractivity contribution is 6.17. The molecule has 8 aromatic carbocycles. The maximum Gasteiger partial charge on any atom is 0.136 e. The standard InChI is InChI=1S/C58H41NO2/c1-2-12-36(13-3-1)37-14-10-16-43(34-37)59-50-20-7-4-18-48(50)58-51(59)31-30-45-41(33-42-15-11-23-54-56(42)49-19-6-9-22-53(49)60-54)25-24-40-32-38(26-28-44(40)57(45)58)39-27-29-47-46-17-5-8-21-52(46)61-55(47)35-39/h1-23,26-32,34-35,41,49,53H,24-25,33H2. The fraction of sp³-hybridized carbons (Fsp3) is 0.103. The van der Waals surface area contributed by atoms with E-state index in [0.29, 0.717) is 5.92 Å². The van der Waals surface area contributed by atoms with Crippen LogP contribution >= 0.6 is 0 Å². The van der Waals surface area contributed by atoms with Crippen LogP contribution in [0.5, 0.6) is 5.75 Å². The number of fused-ring (bicyclic) bond motifs is 13. The van der Waals surface area contributed by atoms with Gasteiger partial charge in [-0.3, -0.25) is 0 Å². The molecular formula is C58H41NO2. The maximum atomic E-state index is 6.52. The molecule has 3 heteroatoms. The minimum absolute atomic E-state index is 0.0650. The molecule has 13 rings (SSSR count). The number of ether oxygens (including phenoxy) is 1. The number of para-hydroxylation sites is 2. The second-order valence-corrected chi connectivity index (χ2v) is 17.0. The Morgan fingerprint density at radius 1 is 0.557 bits per heavy atom. The Morgan fingerprint density at radius 2 is 1.33 bits per heavy atom. The van der Waals surface area contributed by atoms with Gasteiger partial charge in [0.1, 0.15) is 23.0 Å². The zero-order valence-corrected chi connectivity index (χ0v) is 33.6. The minimum atomic E-state index is 0.0650. The monoisotopic (exact) mass is 783 g/mol. The molecule has 0 saturated carbocycles. The number of allylic oxidation sites excluding steroid dienone is 2. The SMILES string of the molecule is C1=CC2Oc3cccc(CC4CCc5cc(-c6ccc7c(c6)oc6ccccc67)ccc5-c5c4ccc4c5c5ccccc5n4-c4cccc(-c5ccccc5)c4)c3C2C=C1. The first-order chi connectivity index (χ1) is 30.2. The summed E-state index contributed by atoms with van der Waals surface area (Å²) < 4.78 is 15.4. The Balaban J connectivity index is 1.01. The average molecular weight is 784 g/mol. The van der Waals surface area contributed by atoms with Crippen LogP contribution in [0.2, 0.25) is 0 Å². The molecule has 3 unspecified atom stereocenters. The smallest absolute Gasteiger partial charge is 0.136 e. The molecule has 0 saturated heterocycles. The Morgan fingerprint density at radius 3 is 2.28 bits per heavy atom. The fourth-order valence-electron chi connectivity index (χ4n) is 10.9. The Labute approximate surface area is 354 Å². The lowest BCUT2D eigenvalue weighted by molar-refractivity contribution is 0.269. The summed E-state index contributed by atoms with van der Waals surface area (Å²) in [7, 11) is 0. The molecule has 1 aliphatic heterocycles. The predicted octanol–water partition coefficient (Wildman–Crippen LogP) is 14.9. The van der Waals surface area contributed by atoms with Crippen LogP contribution in [0.1, 0.15) is 40.5 Å². The molecule has 0 spiro atoms. The molecule has 0 amide bonds. The molecule has 0 radical (unpaired) electrons. The molecule has 3 atom stereocenters. The van der Waals surface area contributed by atoms with E-state index in [1.807, 2.05) is 6.07 Å². The van der Waals surface area contributed by atoms with Gasteiger partial charge in [0, 0.05) is 38.7 Å². The van der Waals surface area contributed by atoms with Crippen LogP contribution in [-0.2, 0) is 12.8 Å². The molecule has 0 N–H and O–H groups in total. The van der Waals surface area contributed by atoms with E-state index in [1.54, 1.807) is 0 Å². The number of benzene rings is 8. The van der Waals surface area contributed by atoms with Crippen molar-refractivity contribution < 1.29 is 9.15 Å². The van der Waals surface area contributed by atoms with Crippen molar-refractivity contribution in [2.24, 2.45) is 0 Å². The molecule has 2 aromatic heterocycles. The Kier molecular flexibility index (Phi) is 7.68. The van der Waals surface area contributed by atoms with E-state index in [9.17, 15) is 0 Å². The zero-order chi connectivity index (χ0) is 40.0. The number of nitrogens with zero attached hydrogens (tertiary/aromatic N) is 1. The van der Waals surface area contributed by atoms with Gasteiger partial charge in [0.2, 0.25) is 0 Å². The van der Waals surface area contributed by atoms with Crippen molar-refractivity contribution in [3.05, 3.63) is 216 Å². The third-order valence-corrected chi connectivity index (χ3v) is 13.7. The molecule has 2 aliphatic carbocycles. The van der Waals surface area contributed by atoms with Crippen LogP contribution in [-0.4, -0.2) is 10.7 Å². The van der Waals surface area contributed by atoms with Gasteiger partial charge in [0.05, 0.1) is 11.0 Å². The van der Waals surface area contributed by atoms with Gasteiger partial charge in [-0.25, -0.2) is 0 Å². The number of hydrogen-bond acceptors (Lipinski definition) is 2. The van der Waals surface area contributed by atoms with Gasteiger partial charge in [0.25, 0.3) is 0 Å². The van der Waals surface area contributed by atoms with Crippen molar-refractivity contribution in [3.8, 4) is 44.8 Å². The predicted molar refractivity (Wildman–Crippen MR) is 251 cm³/mol. The second kappa shape index (κ2) is 13.6. The van der Waals surface area contributed by atoms with Gasteiger partial charge < -0.3 is 13.7 Å². The van der Waals surface area contributed by atoms with Gasteiger partial charge in [0.15, 0.2) is 0 Å². The van der Waals surface area contributed by atoms with Crippen molar-refractivity contribution >= 4 is 43.7 Å². The lowest BCUT2D eigenvalue weighted by Crippen LogP contribution is -2.16. The molecule has 3 heterocycles. The van der Waals surface area contributed by atoms with Crippen LogP contribution in [0.15, 0.2) is 199 Å². The lowest BCUT2D eigenvalue weighted by Gasteiger charge is -2.22. The van der Waals surface area contributed by atoms with Crippen LogP contribution in [0.3, 0.4) is 0 Å². The third kappa shape index (κ3) is 5.43. The molecule has 290 valence electrons. The summed E-state index contributed by atoms with van der Waals surface area (Å²) in [6.07, 6.45) is 11.9. The van der Waals surface area contributed by atoms with E-state index >= 15 is 0 Å². The Hall–Kier alpha value is -7.36. The first-order valence-electron chi connectivity index (χ1n) is 21.6. The van der Waals surface area contributed by atoms with Crippen molar-refractivity contribution in [1.29, 1.82) is 0 Å². The minimum Gasteiger partial charge on any atom is -0.485 e. The highest BCUT2D eigenvalue weighted by atomic mass is 16.5. The summed E-state index contributed by atoms with van der Waals surface area (Å²) in [6.45, 7) is 0. The summed E-state index contributed by atoms with van der Waals surface area (Å²) in [5.74, 6) is 1.58. The molecule has 0 fully saturated rings.